The molecule has 3 rings (SSSR count). The van der Waals surface area contributed by atoms with Crippen molar-refractivity contribution in [2.75, 3.05) is 5.32 Å². The molecule has 1 aliphatic rings. The highest BCUT2D eigenvalue weighted by Crippen LogP contribution is 2.32. The molecule has 0 saturated heterocycles. The molecule has 0 aliphatic carbocycles. The van der Waals surface area contributed by atoms with Gasteiger partial charge in [0.1, 0.15) is 5.82 Å². The molecule has 2 aromatic carbocycles. The van der Waals surface area contributed by atoms with Crippen LogP contribution >= 0.6 is 0 Å². The van der Waals surface area contributed by atoms with Crippen molar-refractivity contribution in [1.29, 1.82) is 0 Å². The third-order valence-corrected chi connectivity index (χ3v) is 4.00. The van der Waals surface area contributed by atoms with Gasteiger partial charge < -0.3 is 10.4 Å². The van der Waals surface area contributed by atoms with Crippen LogP contribution in [0.3, 0.4) is 0 Å². The predicted molar refractivity (Wildman–Crippen MR) is 78.3 cm³/mol. The molecule has 2 aromatic rings. The number of anilines is 1. The second kappa shape index (κ2) is 4.91. The molecule has 2 atom stereocenters. The monoisotopic (exact) mass is 271 g/mol. The van der Waals surface area contributed by atoms with Crippen molar-refractivity contribution in [2.24, 2.45) is 0 Å². The van der Waals surface area contributed by atoms with E-state index in [-0.39, 0.29) is 11.9 Å². The second-order valence-corrected chi connectivity index (χ2v) is 5.72. The number of nitrogens with one attached hydrogen (secondary N) is 1. The maximum Gasteiger partial charge on any atom is 0.123 e. The van der Waals surface area contributed by atoms with Crippen LogP contribution in [0.4, 0.5) is 10.1 Å². The topological polar surface area (TPSA) is 32.3 Å². The summed E-state index contributed by atoms with van der Waals surface area (Å²) in [6.45, 7) is 1.83. The van der Waals surface area contributed by atoms with Gasteiger partial charge in [-0.25, -0.2) is 4.39 Å². The number of para-hydroxylation sites is 1. The Bertz CT molecular complexity index is 582. The number of fused-ring (bicyclic) bond motifs is 1. The quantitative estimate of drug-likeness (QED) is 0.898. The summed E-state index contributed by atoms with van der Waals surface area (Å²) >= 11 is 0. The molecule has 2 N–H and O–H groups in total. The molecule has 1 heterocycles. The van der Waals surface area contributed by atoms with E-state index in [0.717, 1.165) is 17.7 Å². The molecular weight excluding hydrogens is 253 g/mol. The maximum atomic E-state index is 12.9. The molecule has 0 bridgehead atoms. The van der Waals surface area contributed by atoms with Crippen molar-refractivity contribution < 1.29 is 9.50 Å². The van der Waals surface area contributed by atoms with Crippen LogP contribution in [0.25, 0.3) is 0 Å². The Hall–Kier alpha value is -1.87. The van der Waals surface area contributed by atoms with E-state index in [2.05, 4.69) is 11.4 Å². The Balaban J connectivity index is 1.75. The molecule has 2 nitrogen and oxygen atoms in total. The van der Waals surface area contributed by atoms with Crippen molar-refractivity contribution in [3.8, 4) is 0 Å². The highest BCUT2D eigenvalue weighted by atomic mass is 19.1. The number of aliphatic hydroxyl groups is 1. The van der Waals surface area contributed by atoms with Gasteiger partial charge in [0.05, 0.1) is 11.6 Å². The molecule has 3 heteroatoms. The highest BCUT2D eigenvalue weighted by molar-refractivity contribution is 5.57. The first-order chi connectivity index (χ1) is 9.54. The molecule has 0 aromatic heterocycles. The first-order valence-corrected chi connectivity index (χ1v) is 6.86. The summed E-state index contributed by atoms with van der Waals surface area (Å²) in [5.74, 6) is -0.250. The third-order valence-electron chi connectivity index (χ3n) is 4.00. The second-order valence-electron chi connectivity index (χ2n) is 5.72. The highest BCUT2D eigenvalue weighted by Gasteiger charge is 2.36. The van der Waals surface area contributed by atoms with Crippen LogP contribution in [0, 0.1) is 5.82 Å². The van der Waals surface area contributed by atoms with Crippen LogP contribution < -0.4 is 5.32 Å². The molecule has 104 valence electrons. The zero-order valence-electron chi connectivity index (χ0n) is 11.4. The lowest BCUT2D eigenvalue weighted by molar-refractivity contribution is 0.0420. The molecule has 2 unspecified atom stereocenters. The van der Waals surface area contributed by atoms with E-state index >= 15 is 0 Å². The van der Waals surface area contributed by atoms with Gasteiger partial charge in [-0.15, -0.1) is 0 Å². The Kier molecular flexibility index (Phi) is 3.22. The first-order valence-electron chi connectivity index (χ1n) is 6.86. The normalized spacial score (nSPS) is 20.1. The summed E-state index contributed by atoms with van der Waals surface area (Å²) in [6.07, 6.45) is 1.31. The van der Waals surface area contributed by atoms with Gasteiger partial charge in [-0.2, -0.15) is 0 Å². The largest absolute Gasteiger partial charge is 0.388 e. The first kappa shape index (κ1) is 13.1. The van der Waals surface area contributed by atoms with Gasteiger partial charge >= 0.3 is 0 Å². The number of halogens is 1. The maximum absolute atomic E-state index is 12.9. The van der Waals surface area contributed by atoms with Crippen LogP contribution in [0.1, 0.15) is 18.1 Å². The van der Waals surface area contributed by atoms with Gasteiger partial charge in [-0.05, 0) is 42.7 Å². The van der Waals surface area contributed by atoms with E-state index < -0.39 is 5.60 Å². The summed E-state index contributed by atoms with van der Waals surface area (Å²) in [5, 5.41) is 14.1. The Morgan fingerprint density at radius 2 is 1.90 bits per heavy atom. The minimum Gasteiger partial charge on any atom is -0.388 e. The third kappa shape index (κ3) is 2.54. The fourth-order valence-corrected chi connectivity index (χ4v) is 2.81. The van der Waals surface area contributed by atoms with Gasteiger partial charge in [0, 0.05) is 12.1 Å². The van der Waals surface area contributed by atoms with Crippen molar-refractivity contribution in [1.82, 2.24) is 0 Å². The van der Waals surface area contributed by atoms with E-state index in [1.165, 1.54) is 17.7 Å². The minimum atomic E-state index is -0.878. The Morgan fingerprint density at radius 1 is 1.20 bits per heavy atom. The van der Waals surface area contributed by atoms with Crippen LogP contribution in [0.2, 0.25) is 0 Å². The van der Waals surface area contributed by atoms with E-state index in [1.54, 1.807) is 12.1 Å². The summed E-state index contributed by atoms with van der Waals surface area (Å²) in [6, 6.07) is 14.4. The lowest BCUT2D eigenvalue weighted by Gasteiger charge is -2.30. The van der Waals surface area contributed by atoms with Gasteiger partial charge in [0.25, 0.3) is 0 Å². The molecule has 0 fully saturated rings. The van der Waals surface area contributed by atoms with Crippen LogP contribution in [-0.4, -0.2) is 16.7 Å². The van der Waals surface area contributed by atoms with E-state index in [4.69, 9.17) is 0 Å². The molecule has 1 aliphatic heterocycles. The summed E-state index contributed by atoms with van der Waals surface area (Å²) in [4.78, 5) is 0. The lowest BCUT2D eigenvalue weighted by atomic mass is 9.87. The van der Waals surface area contributed by atoms with Crippen molar-refractivity contribution in [2.45, 2.75) is 31.4 Å². The smallest absolute Gasteiger partial charge is 0.123 e. The molecular formula is C17H18FNO. The van der Waals surface area contributed by atoms with Gasteiger partial charge in [-0.3, -0.25) is 0 Å². The fraction of sp³-hybridized carbons (Fsp3) is 0.294. The summed E-state index contributed by atoms with van der Waals surface area (Å²) in [7, 11) is 0. The zero-order chi connectivity index (χ0) is 14.2. The molecule has 20 heavy (non-hydrogen) atoms. The van der Waals surface area contributed by atoms with Crippen molar-refractivity contribution in [3.05, 3.63) is 65.5 Å². The Labute approximate surface area is 118 Å². The summed E-state index contributed by atoms with van der Waals surface area (Å²) < 4.78 is 12.9. The van der Waals surface area contributed by atoms with E-state index in [9.17, 15) is 9.50 Å². The standard InChI is InChI=1S/C17H18FNO/c1-17(20,11-12-6-8-14(18)9-7-12)16-10-13-4-2-3-5-15(13)19-16/h2-9,16,19-20H,10-11H2,1H3. The van der Waals surface area contributed by atoms with E-state index in [1.807, 2.05) is 25.1 Å². The molecule has 0 saturated carbocycles. The average molecular weight is 271 g/mol. The Morgan fingerprint density at radius 3 is 2.60 bits per heavy atom. The number of hydrogen-bond acceptors (Lipinski definition) is 2. The summed E-state index contributed by atoms with van der Waals surface area (Å²) in [5.41, 5.74) is 2.39. The molecule has 0 amide bonds. The van der Waals surface area contributed by atoms with Crippen LogP contribution in [0.5, 0.6) is 0 Å². The van der Waals surface area contributed by atoms with Crippen molar-refractivity contribution in [3.63, 3.8) is 0 Å². The van der Waals surface area contributed by atoms with Gasteiger partial charge in [-0.1, -0.05) is 30.3 Å². The van der Waals surface area contributed by atoms with Crippen LogP contribution in [0.15, 0.2) is 48.5 Å². The van der Waals surface area contributed by atoms with Gasteiger partial charge in [0.15, 0.2) is 0 Å². The predicted octanol–water partition coefficient (Wildman–Crippen LogP) is 3.16. The van der Waals surface area contributed by atoms with E-state index in [0.29, 0.717) is 6.42 Å². The molecule has 0 spiro atoms. The fourth-order valence-electron chi connectivity index (χ4n) is 2.81. The molecule has 0 radical (unpaired) electrons. The number of rotatable bonds is 3. The minimum absolute atomic E-state index is 0.0232. The SMILES string of the molecule is CC(O)(Cc1ccc(F)cc1)C1Cc2ccccc2N1. The van der Waals surface area contributed by atoms with Crippen molar-refractivity contribution >= 4 is 5.69 Å². The zero-order valence-corrected chi connectivity index (χ0v) is 11.4. The van der Waals surface area contributed by atoms with Gasteiger partial charge in [0.2, 0.25) is 0 Å². The van der Waals surface area contributed by atoms with Crippen LogP contribution in [-0.2, 0) is 12.8 Å². The lowest BCUT2D eigenvalue weighted by Crippen LogP contribution is -2.45. The number of hydrogen-bond donors (Lipinski definition) is 2. The average Bonchev–Trinajstić information content (AvgIpc) is 2.86. The number of benzene rings is 2.